The summed E-state index contributed by atoms with van der Waals surface area (Å²) in [5.74, 6) is 0.553. The monoisotopic (exact) mass is 378 g/mol. The molecule has 5 heteroatoms. The van der Waals surface area contributed by atoms with Crippen LogP contribution in [0.5, 0.6) is 0 Å². The summed E-state index contributed by atoms with van der Waals surface area (Å²) in [7, 11) is 0. The second kappa shape index (κ2) is 9.07. The van der Waals surface area contributed by atoms with E-state index in [1.54, 1.807) is 0 Å². The van der Waals surface area contributed by atoms with E-state index in [4.69, 9.17) is 0 Å². The molecule has 2 aromatic rings. The Hall–Kier alpha value is -2.58. The number of hydrogen-bond acceptors (Lipinski definition) is 3. The van der Waals surface area contributed by atoms with Gasteiger partial charge in [0.05, 0.1) is 12.1 Å². The lowest BCUT2D eigenvalue weighted by Gasteiger charge is -2.27. The topological polar surface area (TPSA) is 69.8 Å². The number of amides is 1. The van der Waals surface area contributed by atoms with Gasteiger partial charge in [0.1, 0.15) is 11.9 Å². The number of carbonyl (C=O) groups excluding carboxylic acids is 1. The molecule has 148 valence electrons. The van der Waals surface area contributed by atoms with E-state index in [9.17, 15) is 10.1 Å². The third-order valence-corrected chi connectivity index (χ3v) is 5.93. The summed E-state index contributed by atoms with van der Waals surface area (Å²) in [6.45, 7) is 6.27. The predicted molar refractivity (Wildman–Crippen MR) is 112 cm³/mol. The molecule has 1 aromatic heterocycles. The molecule has 1 amide bonds. The van der Waals surface area contributed by atoms with Crippen molar-refractivity contribution in [3.8, 4) is 6.07 Å². The Morgan fingerprint density at radius 3 is 2.54 bits per heavy atom. The number of anilines is 1. The first-order valence-corrected chi connectivity index (χ1v) is 10.2. The highest BCUT2D eigenvalue weighted by Gasteiger charge is 2.25. The van der Waals surface area contributed by atoms with Crippen molar-refractivity contribution in [2.75, 3.05) is 11.9 Å². The summed E-state index contributed by atoms with van der Waals surface area (Å²) in [6, 6.07) is 12.8. The highest BCUT2D eigenvalue weighted by Crippen LogP contribution is 2.36. The van der Waals surface area contributed by atoms with Crippen LogP contribution in [0, 0.1) is 25.2 Å². The van der Waals surface area contributed by atoms with Gasteiger partial charge >= 0.3 is 0 Å². The van der Waals surface area contributed by atoms with E-state index >= 15 is 0 Å². The van der Waals surface area contributed by atoms with Crippen LogP contribution < -0.4 is 10.6 Å². The van der Waals surface area contributed by atoms with Crippen LogP contribution in [-0.4, -0.2) is 17.0 Å². The second-order valence-corrected chi connectivity index (χ2v) is 7.77. The van der Waals surface area contributed by atoms with Crippen molar-refractivity contribution in [2.45, 2.75) is 65.0 Å². The van der Waals surface area contributed by atoms with Crippen LogP contribution in [0.3, 0.4) is 0 Å². The largest absolute Gasteiger partial charge is 0.327 e. The highest BCUT2D eigenvalue weighted by molar-refractivity contribution is 5.93. The van der Waals surface area contributed by atoms with Gasteiger partial charge in [0.2, 0.25) is 5.91 Å². The SMILES string of the molecule is Cc1c(C#N)c(NC(=O)CN[C@H](C)c2ccccc2)n(C2CCCCC2)c1C. The lowest BCUT2D eigenvalue weighted by molar-refractivity contribution is -0.115. The first kappa shape index (κ1) is 20.2. The Balaban J connectivity index is 1.74. The summed E-state index contributed by atoms with van der Waals surface area (Å²) in [4.78, 5) is 12.7. The molecule has 0 saturated heterocycles. The van der Waals surface area contributed by atoms with Gasteiger partial charge in [-0.2, -0.15) is 5.26 Å². The Bertz CT molecular complexity index is 857. The van der Waals surface area contributed by atoms with Crippen molar-refractivity contribution < 1.29 is 4.79 Å². The van der Waals surface area contributed by atoms with E-state index in [1.165, 1.54) is 19.3 Å². The summed E-state index contributed by atoms with van der Waals surface area (Å²) in [5, 5.41) is 16.0. The van der Waals surface area contributed by atoms with E-state index in [1.807, 2.05) is 44.2 Å². The van der Waals surface area contributed by atoms with Crippen molar-refractivity contribution in [1.82, 2.24) is 9.88 Å². The molecule has 0 unspecified atom stereocenters. The fraction of sp³-hybridized carbons (Fsp3) is 0.478. The zero-order valence-corrected chi connectivity index (χ0v) is 17.1. The second-order valence-electron chi connectivity index (χ2n) is 7.77. The number of nitrogens with one attached hydrogen (secondary N) is 2. The number of hydrogen-bond donors (Lipinski definition) is 2. The number of nitrogens with zero attached hydrogens (tertiary/aromatic N) is 2. The molecule has 1 atom stereocenters. The Labute approximate surface area is 167 Å². The van der Waals surface area contributed by atoms with Crippen molar-refractivity contribution in [3.63, 3.8) is 0 Å². The van der Waals surface area contributed by atoms with Crippen molar-refractivity contribution in [3.05, 3.63) is 52.7 Å². The third-order valence-electron chi connectivity index (χ3n) is 5.93. The predicted octanol–water partition coefficient (Wildman–Crippen LogP) is 4.77. The van der Waals surface area contributed by atoms with Gasteiger partial charge in [-0.3, -0.25) is 4.79 Å². The van der Waals surface area contributed by atoms with Gasteiger partial charge in [-0.1, -0.05) is 49.6 Å². The van der Waals surface area contributed by atoms with E-state index < -0.39 is 0 Å². The average Bonchev–Trinajstić information content (AvgIpc) is 2.96. The van der Waals surface area contributed by atoms with E-state index in [0.717, 1.165) is 29.7 Å². The smallest absolute Gasteiger partial charge is 0.239 e. The summed E-state index contributed by atoms with van der Waals surface area (Å²) in [6.07, 6.45) is 5.88. The molecule has 28 heavy (non-hydrogen) atoms. The molecule has 1 fully saturated rings. The zero-order chi connectivity index (χ0) is 20.1. The molecule has 1 heterocycles. The third kappa shape index (κ3) is 4.28. The minimum absolute atomic E-state index is 0.0796. The number of rotatable bonds is 6. The van der Waals surface area contributed by atoms with Crippen LogP contribution in [0.15, 0.2) is 30.3 Å². The number of aromatic nitrogens is 1. The van der Waals surface area contributed by atoms with E-state index in [0.29, 0.717) is 17.4 Å². The first-order chi connectivity index (χ1) is 13.5. The fourth-order valence-corrected chi connectivity index (χ4v) is 4.16. The van der Waals surface area contributed by atoms with Crippen molar-refractivity contribution in [2.24, 2.45) is 0 Å². The minimum atomic E-state index is -0.117. The molecule has 1 saturated carbocycles. The lowest BCUT2D eigenvalue weighted by Crippen LogP contribution is -2.31. The maximum Gasteiger partial charge on any atom is 0.239 e. The molecule has 1 aliphatic carbocycles. The number of carbonyl (C=O) groups is 1. The molecule has 0 aliphatic heterocycles. The van der Waals surface area contributed by atoms with E-state index in [-0.39, 0.29) is 18.5 Å². The van der Waals surface area contributed by atoms with Gasteiger partial charge in [-0.25, -0.2) is 0 Å². The molecule has 0 radical (unpaired) electrons. The van der Waals surface area contributed by atoms with Crippen LogP contribution in [-0.2, 0) is 4.79 Å². The molecule has 1 aromatic carbocycles. The molecular formula is C23H30N4O. The fourth-order valence-electron chi connectivity index (χ4n) is 4.16. The van der Waals surface area contributed by atoms with Gasteiger partial charge in [0, 0.05) is 17.8 Å². The minimum Gasteiger partial charge on any atom is -0.327 e. The van der Waals surface area contributed by atoms with Gasteiger partial charge in [0.15, 0.2) is 0 Å². The van der Waals surface area contributed by atoms with Gasteiger partial charge in [-0.15, -0.1) is 0 Å². The van der Waals surface area contributed by atoms with Gasteiger partial charge in [0.25, 0.3) is 0 Å². The van der Waals surface area contributed by atoms with Crippen molar-refractivity contribution in [1.29, 1.82) is 5.26 Å². The molecular weight excluding hydrogens is 348 g/mol. The quantitative estimate of drug-likeness (QED) is 0.760. The molecule has 0 bridgehead atoms. The Morgan fingerprint density at radius 1 is 1.21 bits per heavy atom. The molecule has 0 spiro atoms. The molecule has 5 nitrogen and oxygen atoms in total. The van der Waals surface area contributed by atoms with Crippen LogP contribution in [0.25, 0.3) is 0 Å². The first-order valence-electron chi connectivity index (χ1n) is 10.2. The standard InChI is InChI=1S/C23H30N4O/c1-16-18(3)27(20-12-8-5-9-13-20)23(21(16)14-24)26-22(28)15-25-17(2)19-10-6-4-7-11-19/h4,6-7,10-11,17,20,25H,5,8-9,12-13,15H2,1-3H3,(H,26,28)/t17-/m1/s1. The number of benzene rings is 1. The number of nitriles is 1. The van der Waals surface area contributed by atoms with Crippen LogP contribution >= 0.6 is 0 Å². The normalized spacial score (nSPS) is 15.8. The molecule has 2 N–H and O–H groups in total. The summed E-state index contributed by atoms with van der Waals surface area (Å²) >= 11 is 0. The maximum absolute atomic E-state index is 12.7. The lowest BCUT2D eigenvalue weighted by atomic mass is 9.95. The van der Waals surface area contributed by atoms with Crippen molar-refractivity contribution >= 4 is 11.7 Å². The Kier molecular flexibility index (Phi) is 6.53. The maximum atomic E-state index is 12.7. The van der Waals surface area contributed by atoms with E-state index in [2.05, 4.69) is 28.2 Å². The van der Waals surface area contributed by atoms with Crippen LogP contribution in [0.1, 0.15) is 73.5 Å². The van der Waals surface area contributed by atoms with Crippen LogP contribution in [0.2, 0.25) is 0 Å². The molecule has 1 aliphatic rings. The summed E-state index contributed by atoms with van der Waals surface area (Å²) in [5.41, 5.74) is 3.79. The summed E-state index contributed by atoms with van der Waals surface area (Å²) < 4.78 is 2.20. The average molecular weight is 379 g/mol. The molecule has 3 rings (SSSR count). The highest BCUT2D eigenvalue weighted by atomic mass is 16.2. The van der Waals surface area contributed by atoms with Crippen LogP contribution in [0.4, 0.5) is 5.82 Å². The van der Waals surface area contributed by atoms with Gasteiger partial charge < -0.3 is 15.2 Å². The van der Waals surface area contributed by atoms with Gasteiger partial charge in [-0.05, 0) is 44.7 Å². The Morgan fingerprint density at radius 2 is 1.89 bits per heavy atom. The zero-order valence-electron chi connectivity index (χ0n) is 17.1.